The average molecular weight is 308 g/mol. The van der Waals surface area contributed by atoms with E-state index in [-0.39, 0.29) is 11.9 Å². The molecule has 0 spiro atoms. The number of hydrogen-bond donors (Lipinski definition) is 2. The van der Waals surface area contributed by atoms with E-state index >= 15 is 0 Å². The van der Waals surface area contributed by atoms with Crippen LogP contribution in [0.15, 0.2) is 12.1 Å². The molecule has 0 radical (unpaired) electrons. The summed E-state index contributed by atoms with van der Waals surface area (Å²) in [5, 5.41) is 7.13. The lowest BCUT2D eigenvalue weighted by Gasteiger charge is -2.12. The van der Waals surface area contributed by atoms with Crippen LogP contribution in [-0.2, 0) is 4.79 Å². The van der Waals surface area contributed by atoms with Crippen LogP contribution in [0.3, 0.4) is 0 Å². The molecule has 3 nitrogen and oxygen atoms in total. The summed E-state index contributed by atoms with van der Waals surface area (Å²) in [7, 11) is 0. The standard InChI is InChI=1S/C12H13Cl3N2O/c13-7-4-9(14)12(10(15)5-7)17-11(18)6-8-2-1-3-16-8/h4-5,8,16H,1-3,6H2,(H,17,18). The van der Waals surface area contributed by atoms with Gasteiger partial charge in [-0.1, -0.05) is 34.8 Å². The van der Waals surface area contributed by atoms with E-state index in [1.807, 2.05) is 0 Å². The van der Waals surface area contributed by atoms with Crippen molar-refractivity contribution in [2.75, 3.05) is 11.9 Å². The quantitative estimate of drug-likeness (QED) is 0.893. The topological polar surface area (TPSA) is 41.1 Å². The first kappa shape index (κ1) is 13.9. The van der Waals surface area contributed by atoms with Crippen molar-refractivity contribution in [1.29, 1.82) is 0 Å². The maximum absolute atomic E-state index is 11.9. The van der Waals surface area contributed by atoms with Crippen molar-refractivity contribution in [3.05, 3.63) is 27.2 Å². The van der Waals surface area contributed by atoms with Gasteiger partial charge in [-0.3, -0.25) is 4.79 Å². The van der Waals surface area contributed by atoms with Gasteiger partial charge in [-0.2, -0.15) is 0 Å². The molecule has 2 N–H and O–H groups in total. The second kappa shape index (κ2) is 6.11. The van der Waals surface area contributed by atoms with Crippen molar-refractivity contribution >= 4 is 46.4 Å². The van der Waals surface area contributed by atoms with Crippen LogP contribution in [0.25, 0.3) is 0 Å². The Morgan fingerprint density at radius 1 is 1.33 bits per heavy atom. The number of rotatable bonds is 3. The fourth-order valence-corrected chi connectivity index (χ4v) is 2.92. The van der Waals surface area contributed by atoms with E-state index in [4.69, 9.17) is 34.8 Å². The van der Waals surface area contributed by atoms with Crippen LogP contribution >= 0.6 is 34.8 Å². The summed E-state index contributed by atoms with van der Waals surface area (Å²) >= 11 is 17.8. The predicted molar refractivity (Wildman–Crippen MR) is 75.7 cm³/mol. The highest BCUT2D eigenvalue weighted by Crippen LogP contribution is 2.33. The molecule has 1 saturated heterocycles. The van der Waals surface area contributed by atoms with Crippen molar-refractivity contribution in [2.24, 2.45) is 0 Å². The summed E-state index contributed by atoms with van der Waals surface area (Å²) in [6, 6.07) is 3.35. The highest BCUT2D eigenvalue weighted by atomic mass is 35.5. The predicted octanol–water partition coefficient (Wildman–Crippen LogP) is 3.73. The summed E-state index contributed by atoms with van der Waals surface area (Å²) in [6.07, 6.45) is 2.56. The maximum atomic E-state index is 11.9. The second-order valence-corrected chi connectivity index (χ2v) is 5.54. The third-order valence-corrected chi connectivity index (χ3v) is 3.68. The minimum atomic E-state index is -0.0967. The second-order valence-electron chi connectivity index (χ2n) is 4.29. The Balaban J connectivity index is 2.02. The molecule has 0 aromatic heterocycles. The van der Waals surface area contributed by atoms with Crippen molar-refractivity contribution in [3.8, 4) is 0 Å². The van der Waals surface area contributed by atoms with E-state index in [2.05, 4.69) is 10.6 Å². The summed E-state index contributed by atoms with van der Waals surface area (Å²) < 4.78 is 0. The number of nitrogens with one attached hydrogen (secondary N) is 2. The van der Waals surface area contributed by atoms with Crippen molar-refractivity contribution < 1.29 is 4.79 Å². The molecule has 0 aliphatic carbocycles. The van der Waals surface area contributed by atoms with Crippen molar-refractivity contribution in [1.82, 2.24) is 5.32 Å². The molecule has 98 valence electrons. The minimum Gasteiger partial charge on any atom is -0.323 e. The first-order valence-electron chi connectivity index (χ1n) is 5.74. The SMILES string of the molecule is O=C(CC1CCCN1)Nc1c(Cl)cc(Cl)cc1Cl. The first-order chi connectivity index (χ1) is 8.56. The number of anilines is 1. The monoisotopic (exact) mass is 306 g/mol. The molecule has 1 aliphatic heterocycles. The van der Waals surface area contributed by atoms with Gasteiger partial charge in [0.25, 0.3) is 0 Å². The lowest BCUT2D eigenvalue weighted by molar-refractivity contribution is -0.116. The number of hydrogen-bond acceptors (Lipinski definition) is 2. The van der Waals surface area contributed by atoms with Crippen molar-refractivity contribution in [2.45, 2.75) is 25.3 Å². The third-order valence-electron chi connectivity index (χ3n) is 2.87. The fourth-order valence-electron chi connectivity index (χ4n) is 2.01. The number of carbonyl (C=O) groups excluding carboxylic acids is 1. The lowest BCUT2D eigenvalue weighted by Crippen LogP contribution is -2.27. The van der Waals surface area contributed by atoms with E-state index in [9.17, 15) is 4.79 Å². The summed E-state index contributed by atoms with van der Waals surface area (Å²) in [4.78, 5) is 11.9. The Hall–Kier alpha value is -0.480. The molecule has 1 amide bonds. The Bertz CT molecular complexity index is 436. The van der Waals surface area contributed by atoms with E-state index in [1.54, 1.807) is 12.1 Å². The average Bonchev–Trinajstić information content (AvgIpc) is 2.76. The molecule has 6 heteroatoms. The molecule has 1 aromatic carbocycles. The van der Waals surface area contributed by atoms with E-state index in [0.29, 0.717) is 27.2 Å². The summed E-state index contributed by atoms with van der Waals surface area (Å²) in [5.41, 5.74) is 0.422. The van der Waals surface area contributed by atoms with Gasteiger partial charge in [0.15, 0.2) is 0 Å². The molecular formula is C12H13Cl3N2O. The molecule has 1 aromatic rings. The van der Waals surface area contributed by atoms with Crippen LogP contribution in [0, 0.1) is 0 Å². The zero-order valence-corrected chi connectivity index (χ0v) is 11.9. The van der Waals surface area contributed by atoms with Gasteiger partial charge in [0.05, 0.1) is 15.7 Å². The van der Waals surface area contributed by atoms with Gasteiger partial charge >= 0.3 is 0 Å². The van der Waals surface area contributed by atoms with Gasteiger partial charge in [-0.05, 0) is 31.5 Å². The zero-order chi connectivity index (χ0) is 13.1. The Morgan fingerprint density at radius 3 is 2.56 bits per heavy atom. The van der Waals surface area contributed by atoms with Crippen LogP contribution in [-0.4, -0.2) is 18.5 Å². The van der Waals surface area contributed by atoms with Crippen LogP contribution in [0.2, 0.25) is 15.1 Å². The van der Waals surface area contributed by atoms with Crippen LogP contribution < -0.4 is 10.6 Å². The third kappa shape index (κ3) is 3.51. The van der Waals surface area contributed by atoms with Crippen LogP contribution in [0.5, 0.6) is 0 Å². The summed E-state index contributed by atoms with van der Waals surface area (Å²) in [6.45, 7) is 0.973. The zero-order valence-electron chi connectivity index (χ0n) is 9.60. The van der Waals surface area contributed by atoms with Crippen LogP contribution in [0.1, 0.15) is 19.3 Å². The smallest absolute Gasteiger partial charge is 0.226 e. The molecule has 18 heavy (non-hydrogen) atoms. The normalized spacial score (nSPS) is 18.9. The molecule has 2 rings (SSSR count). The lowest BCUT2D eigenvalue weighted by atomic mass is 10.1. The van der Waals surface area contributed by atoms with Gasteiger partial charge in [0.2, 0.25) is 5.91 Å². The van der Waals surface area contributed by atoms with Gasteiger partial charge in [0, 0.05) is 17.5 Å². The molecule has 1 atom stereocenters. The fraction of sp³-hybridized carbons (Fsp3) is 0.417. The number of benzene rings is 1. The van der Waals surface area contributed by atoms with E-state index < -0.39 is 0 Å². The molecule has 0 saturated carbocycles. The Labute approximate surface area is 121 Å². The maximum Gasteiger partial charge on any atom is 0.226 e. The van der Waals surface area contributed by atoms with E-state index in [1.165, 1.54) is 0 Å². The molecule has 1 fully saturated rings. The minimum absolute atomic E-state index is 0.0967. The number of carbonyl (C=O) groups is 1. The first-order valence-corrected chi connectivity index (χ1v) is 6.87. The Kier molecular flexibility index (Phi) is 4.73. The van der Waals surface area contributed by atoms with Gasteiger partial charge in [0.1, 0.15) is 0 Å². The van der Waals surface area contributed by atoms with Crippen molar-refractivity contribution in [3.63, 3.8) is 0 Å². The van der Waals surface area contributed by atoms with Gasteiger partial charge < -0.3 is 10.6 Å². The molecular weight excluding hydrogens is 295 g/mol. The largest absolute Gasteiger partial charge is 0.323 e. The van der Waals surface area contributed by atoms with Gasteiger partial charge in [-0.15, -0.1) is 0 Å². The Morgan fingerprint density at radius 2 is 2.00 bits per heavy atom. The van der Waals surface area contributed by atoms with E-state index in [0.717, 1.165) is 19.4 Å². The number of amides is 1. The number of halogens is 3. The highest BCUT2D eigenvalue weighted by molar-refractivity contribution is 6.42. The molecule has 0 bridgehead atoms. The molecule has 1 heterocycles. The molecule has 1 aliphatic rings. The summed E-state index contributed by atoms with van der Waals surface area (Å²) in [5.74, 6) is -0.0967. The van der Waals surface area contributed by atoms with Crippen LogP contribution in [0.4, 0.5) is 5.69 Å². The van der Waals surface area contributed by atoms with Gasteiger partial charge in [-0.25, -0.2) is 0 Å². The highest BCUT2D eigenvalue weighted by Gasteiger charge is 2.19. The molecule has 1 unspecified atom stereocenters.